The van der Waals surface area contributed by atoms with E-state index >= 15 is 0 Å². The molecule has 1 aliphatic heterocycles. The van der Waals surface area contributed by atoms with Crippen LogP contribution in [0.4, 0.5) is 42.0 Å². The Balaban J connectivity index is 1.63. The SMILES string of the molecule is Cc1ncnc(CNc2nc(Nc3ccc4c(c3)CC(=O)N4)ncc2C(F)(F)F)c1N(C)S(C)(=O)=O. The van der Waals surface area contributed by atoms with Crippen molar-refractivity contribution in [1.29, 1.82) is 0 Å². The van der Waals surface area contributed by atoms with Crippen molar-refractivity contribution < 1.29 is 26.4 Å². The number of nitrogens with one attached hydrogen (secondary N) is 3. The third kappa shape index (κ3) is 5.30. The first-order chi connectivity index (χ1) is 16.8. The lowest BCUT2D eigenvalue weighted by atomic mass is 10.1. The molecule has 0 saturated heterocycles. The van der Waals surface area contributed by atoms with Crippen LogP contribution in [0.15, 0.2) is 30.7 Å². The van der Waals surface area contributed by atoms with E-state index in [1.54, 1.807) is 25.1 Å². The fourth-order valence-electron chi connectivity index (χ4n) is 3.61. The lowest BCUT2D eigenvalue weighted by Crippen LogP contribution is -2.28. The number of carbonyl (C=O) groups is 1. The van der Waals surface area contributed by atoms with Crippen molar-refractivity contribution in [2.24, 2.45) is 0 Å². The standard InChI is InChI=1S/C21H21F3N8O3S/c1-11-18(32(2)36(3,34)35)16(28-10-27-11)9-25-19-14(21(22,23)24)8-26-20(31-19)29-13-4-5-15-12(6-13)7-17(33)30-15/h4-6,8,10H,7,9H2,1-3H3,(H,30,33)(H2,25,26,29,31). The summed E-state index contributed by atoms with van der Waals surface area (Å²) in [5, 5.41) is 8.14. The number of alkyl halides is 3. The number of halogens is 3. The van der Waals surface area contributed by atoms with Crippen molar-refractivity contribution in [2.45, 2.75) is 26.1 Å². The third-order valence-electron chi connectivity index (χ3n) is 5.40. The van der Waals surface area contributed by atoms with Crippen LogP contribution < -0.4 is 20.3 Å². The Kier molecular flexibility index (Phi) is 6.43. The Morgan fingerprint density at radius 1 is 1.19 bits per heavy atom. The van der Waals surface area contributed by atoms with Crippen LogP contribution in [0.3, 0.4) is 0 Å². The smallest absolute Gasteiger partial charge is 0.364 e. The van der Waals surface area contributed by atoms with Crippen molar-refractivity contribution in [3.8, 4) is 0 Å². The fourth-order valence-corrected chi connectivity index (χ4v) is 4.18. The molecule has 11 nitrogen and oxygen atoms in total. The van der Waals surface area contributed by atoms with E-state index in [-0.39, 0.29) is 36.2 Å². The molecule has 0 fully saturated rings. The maximum Gasteiger partial charge on any atom is 0.421 e. The number of aromatic nitrogens is 4. The number of sulfonamides is 1. The predicted molar refractivity (Wildman–Crippen MR) is 126 cm³/mol. The predicted octanol–water partition coefficient (Wildman–Crippen LogP) is 2.84. The molecule has 190 valence electrons. The van der Waals surface area contributed by atoms with E-state index in [0.29, 0.717) is 23.3 Å². The molecule has 0 aliphatic carbocycles. The maximum atomic E-state index is 13.7. The largest absolute Gasteiger partial charge is 0.421 e. The number of carbonyl (C=O) groups excluding carboxylic acids is 1. The van der Waals surface area contributed by atoms with Gasteiger partial charge in [0.15, 0.2) is 0 Å². The van der Waals surface area contributed by atoms with E-state index in [1.165, 1.54) is 13.4 Å². The van der Waals surface area contributed by atoms with E-state index in [1.807, 2.05) is 0 Å². The Labute approximate surface area is 204 Å². The minimum absolute atomic E-state index is 0.116. The number of anilines is 5. The second kappa shape index (κ2) is 9.22. The van der Waals surface area contributed by atoms with Crippen molar-refractivity contribution >= 4 is 44.8 Å². The van der Waals surface area contributed by atoms with Crippen molar-refractivity contribution in [2.75, 3.05) is 33.6 Å². The molecule has 3 N–H and O–H groups in total. The van der Waals surface area contributed by atoms with Gasteiger partial charge < -0.3 is 16.0 Å². The Morgan fingerprint density at radius 2 is 1.94 bits per heavy atom. The number of rotatable bonds is 7. The van der Waals surface area contributed by atoms with E-state index in [2.05, 4.69) is 35.9 Å². The molecule has 1 amide bonds. The summed E-state index contributed by atoms with van der Waals surface area (Å²) >= 11 is 0. The van der Waals surface area contributed by atoms with Crippen LogP contribution in [0.25, 0.3) is 0 Å². The number of hydrogen-bond donors (Lipinski definition) is 3. The molecule has 4 rings (SSSR count). The van der Waals surface area contributed by atoms with Crippen molar-refractivity contribution in [1.82, 2.24) is 19.9 Å². The number of fused-ring (bicyclic) bond motifs is 1. The quantitative estimate of drug-likeness (QED) is 0.427. The van der Waals surface area contributed by atoms with Gasteiger partial charge in [-0.1, -0.05) is 0 Å². The summed E-state index contributed by atoms with van der Waals surface area (Å²) in [5.74, 6) is -0.794. The number of benzene rings is 1. The zero-order valence-electron chi connectivity index (χ0n) is 19.3. The summed E-state index contributed by atoms with van der Waals surface area (Å²) in [6.07, 6.45) is -1.74. The molecule has 15 heteroatoms. The Bertz CT molecular complexity index is 1450. The molecule has 2 aromatic heterocycles. The number of aryl methyl sites for hydroxylation is 1. The highest BCUT2D eigenvalue weighted by atomic mass is 32.2. The van der Waals surface area contributed by atoms with Gasteiger partial charge in [-0.15, -0.1) is 0 Å². The van der Waals surface area contributed by atoms with Crippen LogP contribution >= 0.6 is 0 Å². The van der Waals surface area contributed by atoms with Crippen LogP contribution in [-0.4, -0.2) is 47.6 Å². The normalized spacial score (nSPS) is 13.2. The highest BCUT2D eigenvalue weighted by molar-refractivity contribution is 7.92. The number of amides is 1. The molecule has 0 radical (unpaired) electrons. The molecule has 0 unspecified atom stereocenters. The summed E-state index contributed by atoms with van der Waals surface area (Å²) in [5.41, 5.74) is 1.41. The van der Waals surface area contributed by atoms with Gasteiger partial charge in [0.1, 0.15) is 17.7 Å². The average Bonchev–Trinajstić information content (AvgIpc) is 3.15. The topological polar surface area (TPSA) is 142 Å². The Morgan fingerprint density at radius 3 is 2.64 bits per heavy atom. The van der Waals surface area contributed by atoms with E-state index in [0.717, 1.165) is 16.1 Å². The lowest BCUT2D eigenvalue weighted by molar-refractivity contribution is -0.137. The minimum atomic E-state index is -4.76. The molecular weight excluding hydrogens is 501 g/mol. The highest BCUT2D eigenvalue weighted by Crippen LogP contribution is 2.35. The molecule has 0 saturated carbocycles. The van der Waals surface area contributed by atoms with E-state index in [4.69, 9.17) is 0 Å². The first-order valence-corrected chi connectivity index (χ1v) is 12.3. The zero-order valence-corrected chi connectivity index (χ0v) is 20.1. The zero-order chi connectivity index (χ0) is 26.3. The fraction of sp³-hybridized carbons (Fsp3) is 0.286. The summed E-state index contributed by atoms with van der Waals surface area (Å²) in [6.45, 7) is 1.29. The molecular formula is C21H21F3N8O3S. The molecule has 0 atom stereocenters. The molecule has 3 heterocycles. The summed E-state index contributed by atoms with van der Waals surface area (Å²) in [6, 6.07) is 4.98. The molecule has 1 aliphatic rings. The number of hydrogen-bond acceptors (Lipinski definition) is 9. The summed E-state index contributed by atoms with van der Waals surface area (Å²) < 4.78 is 66.0. The second-order valence-electron chi connectivity index (χ2n) is 8.01. The van der Waals surface area contributed by atoms with Gasteiger partial charge in [0.2, 0.25) is 21.9 Å². The molecule has 0 bridgehead atoms. The molecule has 36 heavy (non-hydrogen) atoms. The van der Waals surface area contributed by atoms with Crippen LogP contribution in [0.2, 0.25) is 0 Å². The van der Waals surface area contributed by atoms with E-state index < -0.39 is 27.6 Å². The monoisotopic (exact) mass is 522 g/mol. The molecule has 1 aromatic carbocycles. The maximum absolute atomic E-state index is 13.7. The average molecular weight is 523 g/mol. The van der Waals surface area contributed by atoms with Gasteiger partial charge in [-0.2, -0.15) is 18.2 Å². The van der Waals surface area contributed by atoms with Crippen LogP contribution in [0, 0.1) is 6.92 Å². The van der Waals surface area contributed by atoms with Gasteiger partial charge in [-0.3, -0.25) is 9.10 Å². The molecule has 3 aromatic rings. The van der Waals surface area contributed by atoms with Gasteiger partial charge in [0.05, 0.1) is 36.3 Å². The van der Waals surface area contributed by atoms with Gasteiger partial charge in [0, 0.05) is 24.6 Å². The van der Waals surface area contributed by atoms with Gasteiger partial charge >= 0.3 is 6.18 Å². The Hall–Kier alpha value is -4.01. The third-order valence-corrected chi connectivity index (χ3v) is 6.57. The lowest BCUT2D eigenvalue weighted by Gasteiger charge is -2.21. The van der Waals surface area contributed by atoms with E-state index in [9.17, 15) is 26.4 Å². The van der Waals surface area contributed by atoms with Gasteiger partial charge in [-0.05, 0) is 30.7 Å². The second-order valence-corrected chi connectivity index (χ2v) is 10.0. The van der Waals surface area contributed by atoms with Crippen molar-refractivity contribution in [3.05, 3.63) is 53.2 Å². The summed E-state index contributed by atoms with van der Waals surface area (Å²) in [4.78, 5) is 27.4. The minimum Gasteiger partial charge on any atom is -0.364 e. The van der Waals surface area contributed by atoms with Gasteiger partial charge in [-0.25, -0.2) is 23.4 Å². The first-order valence-electron chi connectivity index (χ1n) is 10.4. The van der Waals surface area contributed by atoms with Gasteiger partial charge in [0.25, 0.3) is 0 Å². The van der Waals surface area contributed by atoms with Crippen LogP contribution in [-0.2, 0) is 34.0 Å². The van der Waals surface area contributed by atoms with Crippen LogP contribution in [0.5, 0.6) is 0 Å². The molecule has 0 spiro atoms. The highest BCUT2D eigenvalue weighted by Gasteiger charge is 2.35. The van der Waals surface area contributed by atoms with Crippen molar-refractivity contribution in [3.63, 3.8) is 0 Å². The first kappa shape index (κ1) is 25.1. The van der Waals surface area contributed by atoms with Crippen LogP contribution in [0.1, 0.15) is 22.5 Å². The summed E-state index contributed by atoms with van der Waals surface area (Å²) in [7, 11) is -2.38. The number of nitrogens with zero attached hydrogens (tertiary/aromatic N) is 5.